The fourth-order valence-electron chi connectivity index (χ4n) is 3.04. The van der Waals surface area contributed by atoms with Crippen LogP contribution in [0.4, 0.5) is 0 Å². The molecule has 21 heavy (non-hydrogen) atoms. The lowest BCUT2D eigenvalue weighted by atomic mass is 9.71. The fourth-order valence-corrected chi connectivity index (χ4v) is 4.73. The van der Waals surface area contributed by atoms with Crippen LogP contribution in [0.5, 0.6) is 0 Å². The van der Waals surface area contributed by atoms with Gasteiger partial charge in [-0.05, 0) is 49.1 Å². The van der Waals surface area contributed by atoms with Crippen molar-refractivity contribution in [3.63, 3.8) is 0 Å². The van der Waals surface area contributed by atoms with E-state index in [1.54, 1.807) is 7.05 Å². The number of benzene rings is 1. The quantitative estimate of drug-likeness (QED) is 0.732. The van der Waals surface area contributed by atoms with E-state index in [-0.39, 0.29) is 0 Å². The second-order valence-corrected chi connectivity index (χ2v) is 9.19. The molecule has 1 aromatic carbocycles. The van der Waals surface area contributed by atoms with Gasteiger partial charge in [0, 0.05) is 12.5 Å². The van der Waals surface area contributed by atoms with E-state index in [0.29, 0.717) is 5.41 Å². The van der Waals surface area contributed by atoms with Gasteiger partial charge in [-0.1, -0.05) is 44.5 Å². The van der Waals surface area contributed by atoms with Crippen molar-refractivity contribution in [3.05, 3.63) is 41.3 Å². The zero-order valence-electron chi connectivity index (χ0n) is 13.6. The second-order valence-electron chi connectivity index (χ2n) is 6.98. The first-order chi connectivity index (χ1) is 9.85. The van der Waals surface area contributed by atoms with Crippen LogP contribution in [0.2, 0.25) is 0 Å². The Morgan fingerprint density at radius 2 is 1.71 bits per heavy atom. The molecule has 0 saturated heterocycles. The summed E-state index contributed by atoms with van der Waals surface area (Å²) in [7, 11) is -0.735. The molecule has 0 heterocycles. The number of allylic oxidation sites excluding steroid dienone is 1. The summed E-state index contributed by atoms with van der Waals surface area (Å²) < 4.78 is 17.3. The summed E-state index contributed by atoms with van der Waals surface area (Å²) in [5.41, 5.74) is 1.69. The standard InChI is InChI=1S/C18H27NOS/c1-18(2,3)16-12-10-15(11-13-16)14-21(20,19-4)17-8-6-5-7-9-17/h5-9,14,16H,10-13H2,1-4H3/t16?,21-/m1/s1. The van der Waals surface area contributed by atoms with Crippen molar-refractivity contribution in [2.24, 2.45) is 15.7 Å². The molecule has 2 nitrogen and oxygen atoms in total. The first kappa shape index (κ1) is 16.3. The Morgan fingerprint density at radius 3 is 2.19 bits per heavy atom. The Hall–Kier alpha value is -1.09. The van der Waals surface area contributed by atoms with Gasteiger partial charge in [0.2, 0.25) is 0 Å². The van der Waals surface area contributed by atoms with Crippen LogP contribution in [-0.2, 0) is 9.73 Å². The molecule has 0 N–H and O–H groups in total. The maximum Gasteiger partial charge on any atom is 0.0966 e. The average Bonchev–Trinajstić information content (AvgIpc) is 2.47. The van der Waals surface area contributed by atoms with Crippen LogP contribution in [0.15, 0.2) is 50.6 Å². The molecule has 0 unspecified atom stereocenters. The molecule has 1 saturated carbocycles. The van der Waals surface area contributed by atoms with E-state index < -0.39 is 9.73 Å². The summed E-state index contributed by atoms with van der Waals surface area (Å²) in [5, 5.41) is 1.95. The average molecular weight is 305 g/mol. The van der Waals surface area contributed by atoms with Gasteiger partial charge in [0.1, 0.15) is 0 Å². The lowest BCUT2D eigenvalue weighted by Crippen LogP contribution is -2.23. The Balaban J connectivity index is 2.19. The van der Waals surface area contributed by atoms with Gasteiger partial charge in [0.15, 0.2) is 0 Å². The molecular weight excluding hydrogens is 278 g/mol. The summed E-state index contributed by atoms with van der Waals surface area (Å²) in [6.07, 6.45) is 4.51. The molecule has 0 bridgehead atoms. The normalized spacial score (nSPS) is 22.5. The minimum absolute atomic E-state index is 0.376. The molecule has 1 aliphatic carbocycles. The van der Waals surface area contributed by atoms with Crippen molar-refractivity contribution >= 4 is 9.73 Å². The zero-order chi connectivity index (χ0) is 15.5. The molecule has 3 heteroatoms. The maximum absolute atomic E-state index is 13.1. The lowest BCUT2D eigenvalue weighted by Gasteiger charge is -2.34. The first-order valence-corrected chi connectivity index (χ1v) is 9.33. The molecule has 0 amide bonds. The lowest BCUT2D eigenvalue weighted by molar-refractivity contribution is 0.197. The van der Waals surface area contributed by atoms with Gasteiger partial charge in [-0.25, -0.2) is 8.57 Å². The van der Waals surface area contributed by atoms with Gasteiger partial charge in [-0.15, -0.1) is 0 Å². The zero-order valence-corrected chi connectivity index (χ0v) is 14.5. The van der Waals surface area contributed by atoms with Crippen molar-refractivity contribution in [2.75, 3.05) is 7.05 Å². The Bertz CT molecular complexity index is 606. The third-order valence-corrected chi connectivity index (χ3v) is 6.67. The summed E-state index contributed by atoms with van der Waals surface area (Å²) in [6.45, 7) is 6.96. The smallest absolute Gasteiger partial charge is 0.0966 e. The molecule has 1 fully saturated rings. The molecule has 1 atom stereocenters. The van der Waals surface area contributed by atoms with Crippen LogP contribution in [-0.4, -0.2) is 11.3 Å². The van der Waals surface area contributed by atoms with Gasteiger partial charge in [0.25, 0.3) is 0 Å². The third kappa shape index (κ3) is 3.97. The predicted molar refractivity (Wildman–Crippen MR) is 90.7 cm³/mol. The van der Waals surface area contributed by atoms with E-state index >= 15 is 0 Å². The van der Waals surface area contributed by atoms with E-state index in [2.05, 4.69) is 25.1 Å². The maximum atomic E-state index is 13.1. The summed E-state index contributed by atoms with van der Waals surface area (Å²) in [6, 6.07) is 9.62. The van der Waals surface area contributed by atoms with Crippen molar-refractivity contribution in [2.45, 2.75) is 51.3 Å². The summed E-state index contributed by atoms with van der Waals surface area (Å²) >= 11 is 0. The van der Waals surface area contributed by atoms with Crippen molar-refractivity contribution < 1.29 is 4.21 Å². The molecule has 2 rings (SSSR count). The van der Waals surface area contributed by atoms with Crippen LogP contribution in [0, 0.1) is 11.3 Å². The van der Waals surface area contributed by atoms with Gasteiger partial charge < -0.3 is 0 Å². The first-order valence-electron chi connectivity index (χ1n) is 7.75. The monoisotopic (exact) mass is 305 g/mol. The van der Waals surface area contributed by atoms with Gasteiger partial charge in [-0.3, -0.25) is 0 Å². The Morgan fingerprint density at radius 1 is 1.14 bits per heavy atom. The fraction of sp³-hybridized carbons (Fsp3) is 0.556. The van der Waals surface area contributed by atoms with E-state index in [9.17, 15) is 4.21 Å². The van der Waals surface area contributed by atoms with E-state index in [4.69, 9.17) is 0 Å². The third-order valence-electron chi connectivity index (χ3n) is 4.53. The van der Waals surface area contributed by atoms with E-state index in [1.807, 2.05) is 35.7 Å². The Kier molecular flexibility index (Phi) is 4.92. The van der Waals surface area contributed by atoms with Crippen LogP contribution in [0.25, 0.3) is 0 Å². The Labute approximate surface area is 129 Å². The molecular formula is C18H27NOS. The van der Waals surface area contributed by atoms with Crippen molar-refractivity contribution in [3.8, 4) is 0 Å². The van der Waals surface area contributed by atoms with E-state index in [0.717, 1.165) is 23.7 Å². The molecule has 1 aromatic rings. The number of hydrogen-bond acceptors (Lipinski definition) is 2. The van der Waals surface area contributed by atoms with E-state index in [1.165, 1.54) is 18.4 Å². The molecule has 1 aliphatic rings. The SMILES string of the molecule is CN=[S@@](=O)(C=C1CCC(C(C)(C)C)CC1)c1ccccc1. The minimum Gasteiger partial charge on any atom is -0.240 e. The number of hydrogen-bond donors (Lipinski definition) is 0. The number of rotatable bonds is 2. The predicted octanol–water partition coefficient (Wildman–Crippen LogP) is 5.26. The highest BCUT2D eigenvalue weighted by molar-refractivity contribution is 7.96. The van der Waals surface area contributed by atoms with Crippen molar-refractivity contribution in [1.82, 2.24) is 0 Å². The molecule has 0 radical (unpaired) electrons. The molecule has 0 aliphatic heterocycles. The topological polar surface area (TPSA) is 29.4 Å². The number of nitrogens with zero attached hydrogens (tertiary/aromatic N) is 1. The van der Waals surface area contributed by atoms with Gasteiger partial charge >= 0.3 is 0 Å². The highest BCUT2D eigenvalue weighted by Gasteiger charge is 2.27. The van der Waals surface area contributed by atoms with Crippen LogP contribution < -0.4 is 0 Å². The van der Waals surface area contributed by atoms with Crippen molar-refractivity contribution in [1.29, 1.82) is 0 Å². The minimum atomic E-state index is -2.40. The van der Waals surface area contributed by atoms with Gasteiger partial charge in [0.05, 0.1) is 14.6 Å². The van der Waals surface area contributed by atoms with Gasteiger partial charge in [-0.2, -0.15) is 0 Å². The second kappa shape index (κ2) is 6.35. The highest BCUT2D eigenvalue weighted by Crippen LogP contribution is 2.40. The summed E-state index contributed by atoms with van der Waals surface area (Å²) in [5.74, 6) is 0.765. The molecule has 0 spiro atoms. The van der Waals surface area contributed by atoms with Crippen LogP contribution >= 0.6 is 0 Å². The largest absolute Gasteiger partial charge is 0.240 e. The van der Waals surface area contributed by atoms with Crippen LogP contribution in [0.1, 0.15) is 46.5 Å². The summed E-state index contributed by atoms with van der Waals surface area (Å²) in [4.78, 5) is 0.818. The molecule has 116 valence electrons. The molecule has 0 aromatic heterocycles. The highest BCUT2D eigenvalue weighted by atomic mass is 32.2. The van der Waals surface area contributed by atoms with Crippen LogP contribution in [0.3, 0.4) is 0 Å².